The van der Waals surface area contributed by atoms with Crippen molar-refractivity contribution in [2.24, 2.45) is 0 Å². The monoisotopic (exact) mass is 229 g/mol. The summed E-state index contributed by atoms with van der Waals surface area (Å²) in [5, 5.41) is 20.5. The maximum absolute atomic E-state index is 13.6. The Morgan fingerprint density at radius 1 is 1.50 bits per heavy atom. The molecule has 0 heterocycles. The molecule has 0 aromatic heterocycles. The van der Waals surface area contributed by atoms with Gasteiger partial charge in [0.25, 0.3) is 0 Å². The van der Waals surface area contributed by atoms with E-state index in [1.807, 2.05) is 0 Å². The average molecular weight is 229 g/mol. The zero-order valence-corrected chi connectivity index (χ0v) is 9.11. The van der Waals surface area contributed by atoms with Crippen LogP contribution in [0.2, 0.25) is 0 Å². The van der Waals surface area contributed by atoms with Crippen molar-refractivity contribution in [1.82, 2.24) is 5.32 Å². The number of aliphatic hydroxyl groups is 2. The molecule has 16 heavy (non-hydrogen) atoms. The summed E-state index contributed by atoms with van der Waals surface area (Å²) in [4.78, 5) is 0. The molecule has 0 aliphatic carbocycles. The SMILES string of the molecule is COc1cccc(CNCC(O)CO)c1F. The molecule has 5 heteroatoms. The fraction of sp³-hybridized carbons (Fsp3) is 0.455. The summed E-state index contributed by atoms with van der Waals surface area (Å²) in [5.41, 5.74) is 0.462. The second-order valence-electron chi connectivity index (χ2n) is 3.40. The molecule has 0 aliphatic rings. The van der Waals surface area contributed by atoms with Gasteiger partial charge in [0.2, 0.25) is 0 Å². The van der Waals surface area contributed by atoms with Crippen molar-refractivity contribution < 1.29 is 19.3 Å². The molecule has 1 rings (SSSR count). The number of hydrogen-bond acceptors (Lipinski definition) is 4. The summed E-state index contributed by atoms with van der Waals surface area (Å²) in [7, 11) is 1.41. The minimum Gasteiger partial charge on any atom is -0.494 e. The number of nitrogens with one attached hydrogen (secondary N) is 1. The largest absolute Gasteiger partial charge is 0.494 e. The first kappa shape index (κ1) is 12.9. The molecular weight excluding hydrogens is 213 g/mol. The lowest BCUT2D eigenvalue weighted by molar-refractivity contribution is 0.0941. The quantitative estimate of drug-likeness (QED) is 0.655. The lowest BCUT2D eigenvalue weighted by Crippen LogP contribution is -2.29. The lowest BCUT2D eigenvalue weighted by atomic mass is 10.2. The Hall–Kier alpha value is -1.17. The van der Waals surface area contributed by atoms with Crippen LogP contribution in [0.1, 0.15) is 5.56 Å². The predicted molar refractivity (Wildman–Crippen MR) is 57.8 cm³/mol. The van der Waals surface area contributed by atoms with Gasteiger partial charge in [-0.2, -0.15) is 0 Å². The highest BCUT2D eigenvalue weighted by atomic mass is 19.1. The first-order valence-electron chi connectivity index (χ1n) is 5.00. The van der Waals surface area contributed by atoms with Crippen LogP contribution >= 0.6 is 0 Å². The van der Waals surface area contributed by atoms with Crippen molar-refractivity contribution in [2.75, 3.05) is 20.3 Å². The number of methoxy groups -OCH3 is 1. The minimum atomic E-state index is -0.825. The van der Waals surface area contributed by atoms with E-state index in [2.05, 4.69) is 5.32 Å². The molecule has 0 saturated carbocycles. The Bertz CT molecular complexity index is 333. The highest BCUT2D eigenvalue weighted by molar-refractivity contribution is 5.30. The molecule has 4 nitrogen and oxygen atoms in total. The van der Waals surface area contributed by atoms with Crippen molar-refractivity contribution in [3.63, 3.8) is 0 Å². The smallest absolute Gasteiger partial charge is 0.169 e. The van der Waals surface area contributed by atoms with Gasteiger partial charge in [-0.1, -0.05) is 12.1 Å². The Labute approximate surface area is 93.7 Å². The highest BCUT2D eigenvalue weighted by Crippen LogP contribution is 2.19. The molecule has 0 radical (unpaired) electrons. The van der Waals surface area contributed by atoms with Crippen LogP contribution in [0.4, 0.5) is 4.39 Å². The van der Waals surface area contributed by atoms with E-state index >= 15 is 0 Å². The van der Waals surface area contributed by atoms with Gasteiger partial charge in [0, 0.05) is 18.7 Å². The summed E-state index contributed by atoms with van der Waals surface area (Å²) in [6.45, 7) is 0.181. The Morgan fingerprint density at radius 2 is 2.25 bits per heavy atom. The highest BCUT2D eigenvalue weighted by Gasteiger charge is 2.08. The number of rotatable bonds is 6. The maximum Gasteiger partial charge on any atom is 0.169 e. The van der Waals surface area contributed by atoms with Crippen molar-refractivity contribution in [1.29, 1.82) is 0 Å². The van der Waals surface area contributed by atoms with Gasteiger partial charge < -0.3 is 20.3 Å². The van der Waals surface area contributed by atoms with E-state index in [0.29, 0.717) is 5.56 Å². The predicted octanol–water partition coefficient (Wildman–Crippen LogP) is 0.277. The number of aliphatic hydroxyl groups excluding tert-OH is 2. The van der Waals surface area contributed by atoms with Gasteiger partial charge in [-0.25, -0.2) is 4.39 Å². The first-order chi connectivity index (χ1) is 7.69. The van der Waals surface area contributed by atoms with Crippen LogP contribution in [0, 0.1) is 5.82 Å². The van der Waals surface area contributed by atoms with E-state index in [1.54, 1.807) is 18.2 Å². The summed E-state index contributed by atoms with van der Waals surface area (Å²) in [6.07, 6.45) is -0.825. The summed E-state index contributed by atoms with van der Waals surface area (Å²) < 4.78 is 18.4. The molecule has 3 N–H and O–H groups in total. The molecule has 0 bridgehead atoms. The van der Waals surface area contributed by atoms with Crippen molar-refractivity contribution >= 4 is 0 Å². The maximum atomic E-state index is 13.6. The molecule has 0 aliphatic heterocycles. The van der Waals surface area contributed by atoms with Crippen LogP contribution in [0.5, 0.6) is 5.75 Å². The third-order valence-corrected chi connectivity index (χ3v) is 2.17. The molecule has 90 valence electrons. The molecular formula is C11H16FNO3. The van der Waals surface area contributed by atoms with E-state index in [0.717, 1.165) is 0 Å². The van der Waals surface area contributed by atoms with Gasteiger partial charge >= 0.3 is 0 Å². The number of hydrogen-bond donors (Lipinski definition) is 3. The van der Waals surface area contributed by atoms with Crippen LogP contribution in [0.15, 0.2) is 18.2 Å². The number of ether oxygens (including phenoxy) is 1. The lowest BCUT2D eigenvalue weighted by Gasteiger charge is -2.10. The zero-order chi connectivity index (χ0) is 12.0. The normalized spacial score (nSPS) is 12.5. The first-order valence-corrected chi connectivity index (χ1v) is 5.00. The molecule has 1 aromatic rings. The van der Waals surface area contributed by atoms with Gasteiger partial charge in [-0.3, -0.25) is 0 Å². The van der Waals surface area contributed by atoms with Crippen molar-refractivity contribution in [3.8, 4) is 5.75 Å². The Balaban J connectivity index is 2.54. The van der Waals surface area contributed by atoms with E-state index in [1.165, 1.54) is 7.11 Å². The van der Waals surface area contributed by atoms with Crippen LogP contribution in [0.25, 0.3) is 0 Å². The van der Waals surface area contributed by atoms with Crippen LogP contribution in [-0.4, -0.2) is 36.6 Å². The van der Waals surface area contributed by atoms with Crippen molar-refractivity contribution in [2.45, 2.75) is 12.6 Å². The molecule has 0 amide bonds. The second kappa shape index (κ2) is 6.42. The van der Waals surface area contributed by atoms with Crippen LogP contribution in [-0.2, 0) is 6.54 Å². The fourth-order valence-electron chi connectivity index (χ4n) is 1.29. The van der Waals surface area contributed by atoms with Gasteiger partial charge in [-0.05, 0) is 6.07 Å². The van der Waals surface area contributed by atoms with Crippen LogP contribution in [0.3, 0.4) is 0 Å². The molecule has 1 unspecified atom stereocenters. The van der Waals surface area contributed by atoms with E-state index < -0.39 is 11.9 Å². The third-order valence-electron chi connectivity index (χ3n) is 2.17. The second-order valence-corrected chi connectivity index (χ2v) is 3.40. The van der Waals surface area contributed by atoms with Crippen LogP contribution < -0.4 is 10.1 Å². The van der Waals surface area contributed by atoms with E-state index in [9.17, 15) is 4.39 Å². The fourth-order valence-corrected chi connectivity index (χ4v) is 1.29. The molecule has 0 spiro atoms. The molecule has 1 aromatic carbocycles. The molecule has 0 saturated heterocycles. The summed E-state index contributed by atoms with van der Waals surface area (Å²) in [5.74, 6) is -0.210. The van der Waals surface area contributed by atoms with E-state index in [-0.39, 0.29) is 25.4 Å². The van der Waals surface area contributed by atoms with Gasteiger partial charge in [-0.15, -0.1) is 0 Å². The van der Waals surface area contributed by atoms with Crippen molar-refractivity contribution in [3.05, 3.63) is 29.6 Å². The zero-order valence-electron chi connectivity index (χ0n) is 9.11. The van der Waals surface area contributed by atoms with Gasteiger partial charge in [0.15, 0.2) is 11.6 Å². The standard InChI is InChI=1S/C11H16FNO3/c1-16-10-4-2-3-8(11(10)12)5-13-6-9(15)7-14/h2-4,9,13-15H,5-7H2,1H3. The minimum absolute atomic E-state index is 0.196. The Kier molecular flexibility index (Phi) is 5.18. The topological polar surface area (TPSA) is 61.7 Å². The summed E-state index contributed by atoms with van der Waals surface area (Å²) in [6, 6.07) is 4.87. The average Bonchev–Trinajstić information content (AvgIpc) is 2.31. The third kappa shape index (κ3) is 3.44. The Morgan fingerprint density at radius 3 is 2.88 bits per heavy atom. The number of halogens is 1. The van der Waals surface area contributed by atoms with Gasteiger partial charge in [0.1, 0.15) is 0 Å². The van der Waals surface area contributed by atoms with Gasteiger partial charge in [0.05, 0.1) is 19.8 Å². The molecule has 0 fully saturated rings. The number of benzene rings is 1. The van der Waals surface area contributed by atoms with E-state index in [4.69, 9.17) is 14.9 Å². The molecule has 1 atom stereocenters. The summed E-state index contributed by atoms with van der Waals surface area (Å²) >= 11 is 0.